The van der Waals surface area contributed by atoms with Gasteiger partial charge in [-0.1, -0.05) is 24.3 Å². The van der Waals surface area contributed by atoms with Crippen LogP contribution < -0.4 is 5.73 Å². The molecule has 0 bridgehead atoms. The first kappa shape index (κ1) is 15.4. The highest BCUT2D eigenvalue weighted by Crippen LogP contribution is 2.33. The summed E-state index contributed by atoms with van der Waals surface area (Å²) in [7, 11) is 0. The van der Waals surface area contributed by atoms with Gasteiger partial charge in [-0.2, -0.15) is 11.8 Å². The number of benzene rings is 1. The van der Waals surface area contributed by atoms with Crippen molar-refractivity contribution in [3.63, 3.8) is 0 Å². The molecule has 2 unspecified atom stereocenters. The fourth-order valence-corrected chi connectivity index (χ4v) is 3.84. The molecule has 0 spiro atoms. The molecular weight excluding hydrogens is 270 g/mol. The van der Waals surface area contributed by atoms with Crippen LogP contribution in [0, 0.1) is 0 Å². The van der Waals surface area contributed by atoms with Crippen molar-refractivity contribution in [2.45, 2.75) is 38.1 Å². The van der Waals surface area contributed by atoms with E-state index in [4.69, 9.17) is 10.5 Å². The molecule has 2 rings (SSSR count). The number of fused-ring (bicyclic) bond motifs is 1. The fraction of sp³-hybridized carbons (Fsp3) is 0.562. The monoisotopic (exact) mass is 293 g/mol. The summed E-state index contributed by atoms with van der Waals surface area (Å²) in [5.41, 5.74) is 8.79. The molecule has 2 atom stereocenters. The van der Waals surface area contributed by atoms with Gasteiger partial charge in [-0.3, -0.25) is 4.79 Å². The molecule has 4 heteroatoms. The number of thioether (sulfide) groups is 1. The lowest BCUT2D eigenvalue weighted by Crippen LogP contribution is -2.34. The highest BCUT2D eigenvalue weighted by molar-refractivity contribution is 7.99. The number of ether oxygens (including phenoxy) is 1. The Labute approximate surface area is 125 Å². The number of aryl methyl sites for hydroxylation is 1. The molecule has 3 nitrogen and oxygen atoms in total. The second kappa shape index (κ2) is 7.70. The Morgan fingerprint density at radius 1 is 1.50 bits per heavy atom. The Morgan fingerprint density at radius 3 is 3.10 bits per heavy atom. The summed E-state index contributed by atoms with van der Waals surface area (Å²) in [4.78, 5) is 11.5. The second-order valence-electron chi connectivity index (χ2n) is 5.18. The highest BCUT2D eigenvalue weighted by atomic mass is 32.2. The number of esters is 1. The Kier molecular flexibility index (Phi) is 5.92. The molecule has 1 aliphatic carbocycles. The average Bonchev–Trinajstić information content (AvgIpc) is 2.47. The van der Waals surface area contributed by atoms with Gasteiger partial charge in [0.15, 0.2) is 0 Å². The Bertz CT molecular complexity index is 450. The van der Waals surface area contributed by atoms with Gasteiger partial charge in [-0.25, -0.2) is 0 Å². The van der Waals surface area contributed by atoms with Crippen LogP contribution in [0.4, 0.5) is 0 Å². The van der Waals surface area contributed by atoms with E-state index in [0.717, 1.165) is 5.75 Å². The molecule has 2 N–H and O–H groups in total. The number of hydrogen-bond donors (Lipinski definition) is 1. The van der Waals surface area contributed by atoms with E-state index >= 15 is 0 Å². The zero-order valence-corrected chi connectivity index (χ0v) is 12.8. The molecule has 0 fully saturated rings. The molecule has 1 aromatic carbocycles. The van der Waals surface area contributed by atoms with E-state index in [1.54, 1.807) is 18.7 Å². The van der Waals surface area contributed by atoms with E-state index in [9.17, 15) is 4.79 Å². The molecular formula is C16H23NO2S. The van der Waals surface area contributed by atoms with E-state index in [1.165, 1.54) is 30.4 Å². The number of rotatable bonds is 6. The van der Waals surface area contributed by atoms with E-state index in [0.29, 0.717) is 18.3 Å². The predicted octanol–water partition coefficient (Wildman–Crippen LogP) is 2.73. The lowest BCUT2D eigenvalue weighted by molar-refractivity contribution is -0.144. The van der Waals surface area contributed by atoms with Crippen molar-refractivity contribution in [2.75, 3.05) is 18.1 Å². The number of nitrogens with two attached hydrogens (primary N) is 1. The van der Waals surface area contributed by atoms with Crippen molar-refractivity contribution in [3.05, 3.63) is 35.4 Å². The van der Waals surface area contributed by atoms with Gasteiger partial charge in [0.05, 0.1) is 6.61 Å². The maximum absolute atomic E-state index is 11.5. The summed E-state index contributed by atoms with van der Waals surface area (Å²) >= 11 is 1.76. The number of carbonyl (C=O) groups is 1. The summed E-state index contributed by atoms with van der Waals surface area (Å²) in [6.45, 7) is 2.20. The van der Waals surface area contributed by atoms with Crippen LogP contribution in [-0.4, -0.2) is 30.1 Å². The van der Waals surface area contributed by atoms with Gasteiger partial charge in [0, 0.05) is 11.5 Å². The number of hydrogen-bond acceptors (Lipinski definition) is 4. The largest absolute Gasteiger partial charge is 0.465 e. The van der Waals surface area contributed by atoms with Crippen molar-refractivity contribution in [2.24, 2.45) is 5.73 Å². The Balaban J connectivity index is 1.82. The van der Waals surface area contributed by atoms with Crippen molar-refractivity contribution >= 4 is 17.7 Å². The molecule has 0 aliphatic heterocycles. The predicted molar refractivity (Wildman–Crippen MR) is 84.1 cm³/mol. The van der Waals surface area contributed by atoms with Crippen molar-refractivity contribution in [1.82, 2.24) is 0 Å². The molecule has 0 amide bonds. The summed E-state index contributed by atoms with van der Waals surface area (Å²) < 4.78 is 4.93. The first-order chi connectivity index (χ1) is 9.72. The van der Waals surface area contributed by atoms with Gasteiger partial charge in [-0.05, 0) is 43.2 Å². The van der Waals surface area contributed by atoms with E-state index in [-0.39, 0.29) is 5.97 Å². The molecule has 0 saturated carbocycles. The molecule has 0 radical (unpaired) electrons. The fourth-order valence-electron chi connectivity index (χ4n) is 2.68. The summed E-state index contributed by atoms with van der Waals surface area (Å²) in [6, 6.07) is 8.21. The maximum Gasteiger partial charge on any atom is 0.323 e. The van der Waals surface area contributed by atoms with Gasteiger partial charge in [-0.15, -0.1) is 0 Å². The van der Waals surface area contributed by atoms with Crippen LogP contribution in [0.2, 0.25) is 0 Å². The maximum atomic E-state index is 11.5. The molecule has 0 heterocycles. The van der Waals surface area contributed by atoms with Gasteiger partial charge >= 0.3 is 5.97 Å². The van der Waals surface area contributed by atoms with Crippen molar-refractivity contribution in [1.29, 1.82) is 0 Å². The van der Waals surface area contributed by atoms with E-state index < -0.39 is 6.04 Å². The third-order valence-corrected chi connectivity index (χ3v) is 4.93. The van der Waals surface area contributed by atoms with Crippen LogP contribution in [0.3, 0.4) is 0 Å². The lowest BCUT2D eigenvalue weighted by atomic mass is 9.84. The van der Waals surface area contributed by atoms with Crippen LogP contribution in [0.5, 0.6) is 0 Å². The van der Waals surface area contributed by atoms with Gasteiger partial charge in [0.2, 0.25) is 0 Å². The summed E-state index contributed by atoms with van der Waals surface area (Å²) in [6.07, 6.45) is 3.69. The minimum atomic E-state index is -0.501. The zero-order chi connectivity index (χ0) is 14.4. The molecule has 1 aliphatic rings. The first-order valence-corrected chi connectivity index (χ1v) is 8.45. The van der Waals surface area contributed by atoms with Crippen LogP contribution in [0.1, 0.15) is 36.8 Å². The van der Waals surface area contributed by atoms with E-state index in [1.807, 2.05) is 0 Å². The smallest absolute Gasteiger partial charge is 0.323 e. The Hall–Kier alpha value is -1.00. The molecule has 20 heavy (non-hydrogen) atoms. The summed E-state index contributed by atoms with van der Waals surface area (Å²) in [5, 5.41) is 0. The standard InChI is InChI=1S/C16H23NO2S/c1-2-19-16(18)15(17)11-20-10-13-8-5-7-12-6-3-4-9-14(12)13/h3-4,6,9,13,15H,2,5,7-8,10-11,17H2,1H3. The SMILES string of the molecule is CCOC(=O)C(N)CSCC1CCCc2ccccc21. The minimum absolute atomic E-state index is 0.288. The minimum Gasteiger partial charge on any atom is -0.465 e. The first-order valence-electron chi connectivity index (χ1n) is 7.30. The number of carbonyl (C=O) groups excluding carboxylic acids is 1. The quantitative estimate of drug-likeness (QED) is 0.819. The zero-order valence-electron chi connectivity index (χ0n) is 12.0. The average molecular weight is 293 g/mol. The van der Waals surface area contributed by atoms with Crippen LogP contribution in [-0.2, 0) is 16.0 Å². The molecule has 1 aromatic rings. The second-order valence-corrected chi connectivity index (χ2v) is 6.26. The third-order valence-electron chi connectivity index (χ3n) is 3.70. The van der Waals surface area contributed by atoms with Gasteiger partial charge < -0.3 is 10.5 Å². The van der Waals surface area contributed by atoms with E-state index in [2.05, 4.69) is 24.3 Å². The summed E-state index contributed by atoms with van der Waals surface area (Å²) in [5.74, 6) is 1.98. The van der Waals surface area contributed by atoms with Crippen molar-refractivity contribution in [3.8, 4) is 0 Å². The van der Waals surface area contributed by atoms with Crippen molar-refractivity contribution < 1.29 is 9.53 Å². The normalized spacial score (nSPS) is 19.2. The third kappa shape index (κ3) is 4.00. The van der Waals surface area contributed by atoms with Gasteiger partial charge in [0.25, 0.3) is 0 Å². The van der Waals surface area contributed by atoms with Crippen LogP contribution >= 0.6 is 11.8 Å². The highest BCUT2D eigenvalue weighted by Gasteiger charge is 2.21. The topological polar surface area (TPSA) is 52.3 Å². The lowest BCUT2D eigenvalue weighted by Gasteiger charge is -2.25. The van der Waals surface area contributed by atoms with Crippen LogP contribution in [0.15, 0.2) is 24.3 Å². The molecule has 110 valence electrons. The molecule has 0 aromatic heterocycles. The van der Waals surface area contributed by atoms with Crippen LogP contribution in [0.25, 0.3) is 0 Å². The molecule has 0 saturated heterocycles. The Morgan fingerprint density at radius 2 is 2.30 bits per heavy atom. The van der Waals surface area contributed by atoms with Gasteiger partial charge in [0.1, 0.15) is 6.04 Å².